The van der Waals surface area contributed by atoms with Crippen molar-refractivity contribution in [3.63, 3.8) is 0 Å². The van der Waals surface area contributed by atoms with Gasteiger partial charge in [-0.05, 0) is 23.8 Å². The molecule has 4 heteroatoms. The predicted molar refractivity (Wildman–Crippen MR) is 81.3 cm³/mol. The van der Waals surface area contributed by atoms with Crippen molar-refractivity contribution in [3.8, 4) is 0 Å². The van der Waals surface area contributed by atoms with E-state index in [-0.39, 0.29) is 0 Å². The van der Waals surface area contributed by atoms with Crippen LogP contribution in [0.4, 0.5) is 0 Å². The Balaban J connectivity index is 2.08. The molecule has 2 aromatic carbocycles. The number of nitrogens with zero attached hydrogens (tertiary/aromatic N) is 1. The summed E-state index contributed by atoms with van der Waals surface area (Å²) in [5.41, 5.74) is 2.02. The van der Waals surface area contributed by atoms with Gasteiger partial charge in [0.25, 0.3) is 0 Å². The van der Waals surface area contributed by atoms with Crippen LogP contribution in [-0.4, -0.2) is 4.57 Å². The minimum atomic E-state index is 0.576. The maximum absolute atomic E-state index is 6.24. The lowest BCUT2D eigenvalue weighted by atomic mass is 10.2. The molecule has 0 aliphatic rings. The molecule has 95 valence electrons. The Bertz CT molecular complexity index is 746. The molecule has 19 heavy (non-hydrogen) atoms. The molecule has 0 amide bonds. The van der Waals surface area contributed by atoms with E-state index in [1.165, 1.54) is 0 Å². The Morgan fingerprint density at radius 2 is 1.79 bits per heavy atom. The van der Waals surface area contributed by atoms with Crippen LogP contribution in [0, 0.1) is 6.07 Å². The van der Waals surface area contributed by atoms with E-state index in [1.54, 1.807) is 6.07 Å². The number of fused-ring (bicyclic) bond motifs is 1. The van der Waals surface area contributed by atoms with Crippen molar-refractivity contribution in [1.29, 1.82) is 0 Å². The smallest absolute Gasteiger partial charge is 0.118 e. The van der Waals surface area contributed by atoms with Gasteiger partial charge in [0.05, 0.1) is 12.1 Å². The number of rotatable bonds is 2. The standard InChI is InChI=1S/C15H9Cl3N/c16-12-6-5-11(13(17)8-12)9-19-14-4-2-1-3-10(14)7-15(19)18/h1-6,8H,9H2. The summed E-state index contributed by atoms with van der Waals surface area (Å²) in [5.74, 6) is 0. The maximum atomic E-state index is 6.24. The molecule has 0 fully saturated rings. The Morgan fingerprint density at radius 3 is 2.58 bits per heavy atom. The summed E-state index contributed by atoms with van der Waals surface area (Å²) in [6, 6.07) is 16.6. The van der Waals surface area contributed by atoms with E-state index in [0.29, 0.717) is 21.7 Å². The molecular formula is C15H9Cl3N. The first-order chi connectivity index (χ1) is 9.15. The van der Waals surface area contributed by atoms with Crippen LogP contribution in [0.1, 0.15) is 5.56 Å². The minimum absolute atomic E-state index is 0.576. The van der Waals surface area contributed by atoms with Crippen LogP contribution in [0.5, 0.6) is 0 Å². The normalized spacial score (nSPS) is 11.1. The largest absolute Gasteiger partial charge is 0.327 e. The SMILES string of the molecule is Clc1ccc(Cn2c(Cl)[c]c3ccccc32)c(Cl)c1. The maximum Gasteiger partial charge on any atom is 0.118 e. The second-order valence-corrected chi connectivity index (χ2v) is 5.46. The summed E-state index contributed by atoms with van der Waals surface area (Å²) in [6.45, 7) is 0.596. The molecule has 0 N–H and O–H groups in total. The molecule has 3 rings (SSSR count). The highest BCUT2D eigenvalue weighted by molar-refractivity contribution is 6.35. The summed E-state index contributed by atoms with van der Waals surface area (Å²) in [6.07, 6.45) is 0. The number of halogens is 3. The zero-order chi connectivity index (χ0) is 13.4. The quantitative estimate of drug-likeness (QED) is 0.593. The second-order valence-electron chi connectivity index (χ2n) is 4.25. The van der Waals surface area contributed by atoms with Crippen molar-refractivity contribution in [2.24, 2.45) is 0 Å². The Morgan fingerprint density at radius 1 is 1.00 bits per heavy atom. The number of para-hydroxylation sites is 1. The summed E-state index contributed by atoms with van der Waals surface area (Å²) in [7, 11) is 0. The molecule has 3 aromatic rings. The summed E-state index contributed by atoms with van der Waals surface area (Å²) in [5, 5.41) is 2.84. The first-order valence-corrected chi connectivity index (χ1v) is 6.88. The highest BCUT2D eigenvalue weighted by atomic mass is 35.5. The van der Waals surface area contributed by atoms with Crippen LogP contribution in [0.3, 0.4) is 0 Å². The van der Waals surface area contributed by atoms with Crippen molar-refractivity contribution >= 4 is 45.7 Å². The molecule has 0 aliphatic carbocycles. The van der Waals surface area contributed by atoms with Gasteiger partial charge in [0.1, 0.15) is 5.15 Å². The fraction of sp³-hybridized carbons (Fsp3) is 0.0667. The highest BCUT2D eigenvalue weighted by Crippen LogP contribution is 2.27. The zero-order valence-electron chi connectivity index (χ0n) is 9.83. The Hall–Kier alpha value is -1.15. The molecule has 1 aromatic heterocycles. The van der Waals surface area contributed by atoms with E-state index in [1.807, 2.05) is 41.0 Å². The molecule has 0 spiro atoms. The summed E-state index contributed by atoms with van der Waals surface area (Å²) in [4.78, 5) is 0. The third-order valence-corrected chi connectivity index (χ3v) is 3.90. The van der Waals surface area contributed by atoms with E-state index in [4.69, 9.17) is 34.8 Å². The lowest BCUT2D eigenvalue weighted by Gasteiger charge is -2.09. The fourth-order valence-corrected chi connectivity index (χ4v) is 2.79. The lowest BCUT2D eigenvalue weighted by Crippen LogP contribution is -2.00. The number of hydrogen-bond acceptors (Lipinski definition) is 0. The minimum Gasteiger partial charge on any atom is -0.327 e. The third-order valence-electron chi connectivity index (χ3n) is 3.01. The van der Waals surface area contributed by atoms with Gasteiger partial charge in [0, 0.05) is 21.5 Å². The van der Waals surface area contributed by atoms with Crippen LogP contribution < -0.4 is 0 Å². The summed E-state index contributed by atoms with van der Waals surface area (Å²) < 4.78 is 1.98. The van der Waals surface area contributed by atoms with Gasteiger partial charge in [-0.3, -0.25) is 0 Å². The van der Waals surface area contributed by atoms with Gasteiger partial charge < -0.3 is 4.57 Å². The van der Waals surface area contributed by atoms with Gasteiger partial charge in [-0.1, -0.05) is 59.1 Å². The third kappa shape index (κ3) is 2.46. The van der Waals surface area contributed by atoms with E-state index >= 15 is 0 Å². The van der Waals surface area contributed by atoms with E-state index in [9.17, 15) is 0 Å². The highest BCUT2D eigenvalue weighted by Gasteiger charge is 2.09. The molecule has 1 nitrogen and oxygen atoms in total. The van der Waals surface area contributed by atoms with Crippen molar-refractivity contribution in [2.45, 2.75) is 6.54 Å². The first kappa shape index (κ1) is 12.9. The van der Waals surface area contributed by atoms with Crippen LogP contribution in [-0.2, 0) is 6.54 Å². The van der Waals surface area contributed by atoms with Crippen molar-refractivity contribution < 1.29 is 0 Å². The molecule has 0 aliphatic heterocycles. The zero-order valence-corrected chi connectivity index (χ0v) is 12.1. The number of hydrogen-bond donors (Lipinski definition) is 0. The second kappa shape index (κ2) is 5.09. The van der Waals surface area contributed by atoms with E-state index in [2.05, 4.69) is 6.07 Å². The molecule has 1 radical (unpaired) electrons. The van der Waals surface area contributed by atoms with Crippen LogP contribution in [0.25, 0.3) is 10.9 Å². The van der Waals surface area contributed by atoms with Crippen molar-refractivity contribution in [3.05, 3.63) is 69.3 Å². The first-order valence-electron chi connectivity index (χ1n) is 5.75. The molecule has 0 saturated heterocycles. The fourth-order valence-electron chi connectivity index (χ4n) is 2.07. The Kier molecular flexibility index (Phi) is 3.44. The molecule has 1 heterocycles. The topological polar surface area (TPSA) is 4.93 Å². The lowest BCUT2D eigenvalue weighted by molar-refractivity contribution is 0.837. The van der Waals surface area contributed by atoms with Crippen LogP contribution in [0.2, 0.25) is 15.2 Å². The molecule has 0 unspecified atom stereocenters. The average molecular weight is 310 g/mol. The van der Waals surface area contributed by atoms with E-state index < -0.39 is 0 Å². The molecular weight excluding hydrogens is 301 g/mol. The van der Waals surface area contributed by atoms with Crippen LogP contribution in [0.15, 0.2) is 42.5 Å². The van der Waals surface area contributed by atoms with Gasteiger partial charge in [-0.2, -0.15) is 0 Å². The molecule has 0 saturated carbocycles. The van der Waals surface area contributed by atoms with Gasteiger partial charge in [-0.15, -0.1) is 0 Å². The summed E-state index contributed by atoms with van der Waals surface area (Å²) >= 11 is 18.3. The van der Waals surface area contributed by atoms with Crippen molar-refractivity contribution in [2.75, 3.05) is 0 Å². The van der Waals surface area contributed by atoms with E-state index in [0.717, 1.165) is 16.5 Å². The van der Waals surface area contributed by atoms with Gasteiger partial charge in [0.2, 0.25) is 0 Å². The van der Waals surface area contributed by atoms with Crippen LogP contribution >= 0.6 is 34.8 Å². The predicted octanol–water partition coefficient (Wildman–Crippen LogP) is 5.45. The Labute approximate surface area is 126 Å². The monoisotopic (exact) mass is 308 g/mol. The van der Waals surface area contributed by atoms with Gasteiger partial charge >= 0.3 is 0 Å². The van der Waals surface area contributed by atoms with Crippen molar-refractivity contribution in [1.82, 2.24) is 4.57 Å². The van der Waals surface area contributed by atoms with Gasteiger partial charge in [0.15, 0.2) is 0 Å². The molecule has 0 bridgehead atoms. The average Bonchev–Trinajstić information content (AvgIpc) is 2.69. The van der Waals surface area contributed by atoms with Gasteiger partial charge in [-0.25, -0.2) is 0 Å². The molecule has 0 atom stereocenters. The number of benzene rings is 2. The number of aromatic nitrogens is 1.